The van der Waals surface area contributed by atoms with Crippen LogP contribution in [0, 0.1) is 6.92 Å². The Hall–Kier alpha value is -1.66. The molecule has 6 heteroatoms. The van der Waals surface area contributed by atoms with E-state index in [1.165, 1.54) is 0 Å². The summed E-state index contributed by atoms with van der Waals surface area (Å²) in [7, 11) is 1.64. The van der Waals surface area contributed by atoms with E-state index in [0.29, 0.717) is 19.7 Å². The van der Waals surface area contributed by atoms with Crippen molar-refractivity contribution in [3.05, 3.63) is 23.5 Å². The number of aromatic nitrogens is 1. The van der Waals surface area contributed by atoms with E-state index >= 15 is 0 Å². The van der Waals surface area contributed by atoms with Crippen molar-refractivity contribution < 1.29 is 14.3 Å². The number of pyridine rings is 1. The molecular formula is C15H23N3O3. The molecule has 1 aliphatic heterocycles. The van der Waals surface area contributed by atoms with E-state index in [1.807, 2.05) is 26.0 Å². The fraction of sp³-hybridized carbons (Fsp3) is 0.600. The lowest BCUT2D eigenvalue weighted by molar-refractivity contribution is -0.150. The fourth-order valence-corrected chi connectivity index (χ4v) is 2.52. The predicted octanol–water partition coefficient (Wildman–Crippen LogP) is 0.736. The molecule has 0 aliphatic carbocycles. The molecule has 1 saturated heterocycles. The molecule has 0 spiro atoms. The topological polar surface area (TPSA) is 63.7 Å². The van der Waals surface area contributed by atoms with Crippen molar-refractivity contribution in [2.24, 2.45) is 0 Å². The zero-order chi connectivity index (χ0) is 15.2. The number of piperazine rings is 1. The van der Waals surface area contributed by atoms with Crippen molar-refractivity contribution in [2.75, 3.05) is 33.4 Å². The van der Waals surface area contributed by atoms with E-state index in [9.17, 15) is 4.79 Å². The maximum atomic E-state index is 12.0. The van der Waals surface area contributed by atoms with Gasteiger partial charge in [0.15, 0.2) is 0 Å². The highest BCUT2D eigenvalue weighted by molar-refractivity contribution is 5.76. The minimum atomic E-state index is -0.257. The third-order valence-electron chi connectivity index (χ3n) is 3.49. The quantitative estimate of drug-likeness (QED) is 0.808. The van der Waals surface area contributed by atoms with E-state index in [4.69, 9.17) is 9.47 Å². The fourth-order valence-electron chi connectivity index (χ4n) is 2.52. The third-order valence-corrected chi connectivity index (χ3v) is 3.49. The molecule has 116 valence electrons. The molecular weight excluding hydrogens is 270 g/mol. The second-order valence-electron chi connectivity index (χ2n) is 5.08. The highest BCUT2D eigenvalue weighted by Crippen LogP contribution is 2.17. The van der Waals surface area contributed by atoms with E-state index in [2.05, 4.69) is 15.2 Å². The normalized spacial score (nSPS) is 19.3. The molecule has 1 fully saturated rings. The Labute approximate surface area is 125 Å². The van der Waals surface area contributed by atoms with Crippen LogP contribution in [0.15, 0.2) is 12.1 Å². The summed E-state index contributed by atoms with van der Waals surface area (Å²) in [5.41, 5.74) is 1.82. The van der Waals surface area contributed by atoms with Crippen LogP contribution in [0.25, 0.3) is 0 Å². The summed E-state index contributed by atoms with van der Waals surface area (Å²) in [5, 5.41) is 3.24. The van der Waals surface area contributed by atoms with Crippen LogP contribution in [0.2, 0.25) is 0 Å². The van der Waals surface area contributed by atoms with Gasteiger partial charge >= 0.3 is 5.97 Å². The number of rotatable bonds is 5. The second-order valence-corrected chi connectivity index (χ2v) is 5.08. The van der Waals surface area contributed by atoms with Gasteiger partial charge in [0.05, 0.1) is 19.4 Å². The molecule has 0 aromatic carbocycles. The molecule has 2 heterocycles. The van der Waals surface area contributed by atoms with Gasteiger partial charge in [0.1, 0.15) is 11.8 Å². The highest BCUT2D eigenvalue weighted by Gasteiger charge is 2.30. The van der Waals surface area contributed by atoms with Gasteiger partial charge in [0, 0.05) is 44.0 Å². The van der Waals surface area contributed by atoms with Gasteiger partial charge in [-0.1, -0.05) is 0 Å². The Kier molecular flexibility index (Phi) is 5.52. The van der Waals surface area contributed by atoms with Crippen molar-refractivity contribution in [3.63, 3.8) is 0 Å². The number of nitrogens with one attached hydrogen (secondary N) is 1. The van der Waals surface area contributed by atoms with Crippen LogP contribution in [0.4, 0.5) is 0 Å². The molecule has 0 bridgehead atoms. The monoisotopic (exact) mass is 293 g/mol. The van der Waals surface area contributed by atoms with Gasteiger partial charge in [-0.15, -0.1) is 0 Å². The van der Waals surface area contributed by atoms with Crippen LogP contribution < -0.4 is 10.1 Å². The van der Waals surface area contributed by atoms with Crippen molar-refractivity contribution >= 4 is 5.97 Å². The van der Waals surface area contributed by atoms with Crippen LogP contribution in [0.5, 0.6) is 5.75 Å². The van der Waals surface area contributed by atoms with Gasteiger partial charge < -0.3 is 14.8 Å². The predicted molar refractivity (Wildman–Crippen MR) is 79.2 cm³/mol. The highest BCUT2D eigenvalue weighted by atomic mass is 16.5. The number of hydrogen-bond donors (Lipinski definition) is 1. The van der Waals surface area contributed by atoms with Crippen LogP contribution in [0.1, 0.15) is 18.3 Å². The van der Waals surface area contributed by atoms with E-state index in [0.717, 1.165) is 30.2 Å². The first-order valence-electron chi connectivity index (χ1n) is 7.27. The summed E-state index contributed by atoms with van der Waals surface area (Å²) in [6.07, 6.45) is 0. The number of carbonyl (C=O) groups is 1. The molecule has 1 N–H and O–H groups in total. The number of nitrogens with zero attached hydrogens (tertiary/aromatic N) is 2. The summed E-state index contributed by atoms with van der Waals surface area (Å²) >= 11 is 0. The first-order chi connectivity index (χ1) is 10.1. The van der Waals surface area contributed by atoms with E-state index < -0.39 is 0 Å². The molecule has 6 nitrogen and oxygen atoms in total. The lowest BCUT2D eigenvalue weighted by atomic mass is 10.1. The maximum absolute atomic E-state index is 12.0. The molecule has 1 aromatic heterocycles. The Morgan fingerprint density at radius 2 is 2.33 bits per heavy atom. The number of esters is 1. The molecule has 1 atom stereocenters. The van der Waals surface area contributed by atoms with Gasteiger partial charge in [-0.2, -0.15) is 0 Å². The largest absolute Gasteiger partial charge is 0.497 e. The van der Waals surface area contributed by atoms with Gasteiger partial charge in [0.2, 0.25) is 0 Å². The average Bonchev–Trinajstić information content (AvgIpc) is 2.47. The molecule has 0 amide bonds. The number of hydrogen-bond acceptors (Lipinski definition) is 6. The van der Waals surface area contributed by atoms with Gasteiger partial charge in [-0.25, -0.2) is 0 Å². The smallest absolute Gasteiger partial charge is 0.324 e. The molecule has 0 saturated carbocycles. The summed E-state index contributed by atoms with van der Waals surface area (Å²) in [5.74, 6) is 0.615. The number of ether oxygens (including phenoxy) is 2. The average molecular weight is 293 g/mol. The standard InChI is InChI=1S/C15H23N3O3/c1-4-21-15(19)14-9-16-5-6-18(14)10-12-8-13(20-3)7-11(2)17-12/h7-8,14,16H,4-6,9-10H2,1-3H3. The van der Waals surface area contributed by atoms with Crippen molar-refractivity contribution in [3.8, 4) is 5.75 Å². The molecule has 21 heavy (non-hydrogen) atoms. The summed E-state index contributed by atoms with van der Waals surface area (Å²) < 4.78 is 10.4. The minimum absolute atomic E-state index is 0.177. The van der Waals surface area contributed by atoms with E-state index in [1.54, 1.807) is 7.11 Å². The molecule has 0 radical (unpaired) electrons. The van der Waals surface area contributed by atoms with Gasteiger partial charge in [-0.3, -0.25) is 14.7 Å². The summed E-state index contributed by atoms with van der Waals surface area (Å²) in [6.45, 7) is 7.04. The van der Waals surface area contributed by atoms with Gasteiger partial charge in [-0.05, 0) is 13.8 Å². The SMILES string of the molecule is CCOC(=O)C1CNCCN1Cc1cc(OC)cc(C)n1. The maximum Gasteiger partial charge on any atom is 0.324 e. The van der Waals surface area contributed by atoms with Crippen molar-refractivity contribution in [1.29, 1.82) is 0 Å². The second kappa shape index (κ2) is 7.38. The lowest BCUT2D eigenvalue weighted by Gasteiger charge is -2.34. The summed E-state index contributed by atoms with van der Waals surface area (Å²) in [4.78, 5) is 18.7. The Bertz CT molecular complexity index is 493. The Morgan fingerprint density at radius 1 is 1.52 bits per heavy atom. The third kappa shape index (κ3) is 4.15. The van der Waals surface area contributed by atoms with Crippen molar-refractivity contribution in [1.82, 2.24) is 15.2 Å². The number of methoxy groups -OCH3 is 1. The van der Waals surface area contributed by atoms with Gasteiger partial charge in [0.25, 0.3) is 0 Å². The first-order valence-corrected chi connectivity index (χ1v) is 7.27. The minimum Gasteiger partial charge on any atom is -0.497 e. The zero-order valence-electron chi connectivity index (χ0n) is 12.9. The molecule has 1 unspecified atom stereocenters. The van der Waals surface area contributed by atoms with Crippen LogP contribution in [0.3, 0.4) is 0 Å². The molecule has 1 aromatic rings. The van der Waals surface area contributed by atoms with Crippen LogP contribution in [-0.2, 0) is 16.1 Å². The Morgan fingerprint density at radius 3 is 3.05 bits per heavy atom. The number of carbonyl (C=O) groups excluding carboxylic acids is 1. The number of aryl methyl sites for hydroxylation is 1. The lowest BCUT2D eigenvalue weighted by Crippen LogP contribution is -2.55. The van der Waals surface area contributed by atoms with E-state index in [-0.39, 0.29) is 12.0 Å². The summed E-state index contributed by atoms with van der Waals surface area (Å²) in [6, 6.07) is 3.55. The Balaban J connectivity index is 2.11. The zero-order valence-corrected chi connectivity index (χ0v) is 12.9. The van der Waals surface area contributed by atoms with Crippen LogP contribution in [-0.4, -0.2) is 55.2 Å². The van der Waals surface area contributed by atoms with Crippen LogP contribution >= 0.6 is 0 Å². The van der Waals surface area contributed by atoms with Crippen molar-refractivity contribution in [2.45, 2.75) is 26.4 Å². The molecule has 2 rings (SSSR count). The molecule has 1 aliphatic rings. The first kappa shape index (κ1) is 15.7.